The third-order valence-electron chi connectivity index (χ3n) is 0.684. The molecule has 5 nitrogen and oxygen atoms in total. The van der Waals surface area contributed by atoms with Crippen molar-refractivity contribution in [3.05, 3.63) is 0 Å². The van der Waals surface area contributed by atoms with Gasteiger partial charge in [-0.25, -0.2) is 4.57 Å². The van der Waals surface area contributed by atoms with Crippen molar-refractivity contribution in [3.8, 4) is 0 Å². The minimum atomic E-state index is -3.25. The molecule has 0 aliphatic rings. The predicted molar refractivity (Wildman–Crippen MR) is 41.0 cm³/mol. The van der Waals surface area contributed by atoms with Crippen LogP contribution in [0.2, 0.25) is 0 Å². The van der Waals surface area contributed by atoms with E-state index in [0.717, 1.165) is 0 Å². The summed E-state index contributed by atoms with van der Waals surface area (Å²) in [7, 11) is 1.22. The first-order valence-electron chi connectivity index (χ1n) is 2.77. The Hall–Kier alpha value is -0.0300. The maximum Gasteiger partial charge on any atom is 0.427 e. The van der Waals surface area contributed by atoms with Gasteiger partial charge in [0, 0.05) is 7.11 Å². The lowest BCUT2D eigenvalue weighted by molar-refractivity contribution is -0.119. The number of hydrogen-bond acceptors (Lipinski definition) is 6. The van der Waals surface area contributed by atoms with Gasteiger partial charge in [0.1, 0.15) is 0 Å². The highest BCUT2D eigenvalue weighted by atomic mass is 32.7. The van der Waals surface area contributed by atoms with E-state index in [-0.39, 0.29) is 13.1 Å². The van der Waals surface area contributed by atoms with Gasteiger partial charge >= 0.3 is 13.3 Å². The van der Waals surface area contributed by atoms with Crippen LogP contribution in [0.1, 0.15) is 6.92 Å². The van der Waals surface area contributed by atoms with Crippen molar-refractivity contribution < 1.29 is 22.6 Å². The first-order valence-corrected chi connectivity index (χ1v) is 5.66. The maximum atomic E-state index is 11.2. The summed E-state index contributed by atoms with van der Waals surface area (Å²) in [6, 6.07) is 0. The van der Waals surface area contributed by atoms with Crippen LogP contribution in [0.4, 0.5) is 0 Å². The molecule has 0 aliphatic heterocycles. The van der Waals surface area contributed by atoms with Crippen LogP contribution in [-0.4, -0.2) is 20.2 Å². The number of carbonyl (C=O) groups is 1. The predicted octanol–water partition coefficient (Wildman–Crippen LogP) is 1.60. The molecule has 0 rings (SSSR count). The van der Waals surface area contributed by atoms with E-state index in [4.69, 9.17) is 4.52 Å². The first kappa shape index (κ1) is 11.0. The summed E-state index contributed by atoms with van der Waals surface area (Å²) in [6.45, 7) is -1.20. The van der Waals surface area contributed by atoms with Gasteiger partial charge in [-0.05, 0) is 6.92 Å². The van der Waals surface area contributed by atoms with Gasteiger partial charge in [0.15, 0.2) is 11.7 Å². The topological polar surface area (TPSA) is 61.8 Å². The van der Waals surface area contributed by atoms with E-state index in [1.54, 1.807) is 6.92 Å². The molecule has 0 radical (unpaired) electrons. The highest BCUT2D eigenvalue weighted by Gasteiger charge is 2.25. The number of rotatable bonds is 6. The quantitative estimate of drug-likeness (QED) is 0.368. The summed E-state index contributed by atoms with van der Waals surface area (Å²) in [5.74, 6) is 0. The second kappa shape index (κ2) is 5.60. The lowest BCUT2D eigenvalue weighted by Gasteiger charge is -2.10. The number of carbonyl (C=O) groups excluding carboxylic acids is 1. The van der Waals surface area contributed by atoms with E-state index in [1.165, 1.54) is 7.11 Å². The molecule has 11 heavy (non-hydrogen) atoms. The Kier molecular flexibility index (Phi) is 5.58. The molecule has 0 aromatic heterocycles. The SMILES string of the molecule is CCOP(=O)(OC)SOC=O. The summed E-state index contributed by atoms with van der Waals surface area (Å²) >= 11 is 0.391. The summed E-state index contributed by atoms with van der Waals surface area (Å²) in [6.07, 6.45) is 0. The molecule has 0 spiro atoms. The Morgan fingerprint density at radius 2 is 2.27 bits per heavy atom. The van der Waals surface area contributed by atoms with Crippen molar-refractivity contribution in [1.29, 1.82) is 0 Å². The molecule has 0 aromatic rings. The molecule has 0 saturated carbocycles. The maximum absolute atomic E-state index is 11.2. The van der Waals surface area contributed by atoms with Crippen LogP contribution >= 0.6 is 18.5 Å². The van der Waals surface area contributed by atoms with Gasteiger partial charge in [-0.2, -0.15) is 0 Å². The fourth-order valence-electron chi connectivity index (χ4n) is 0.333. The zero-order valence-corrected chi connectivity index (χ0v) is 7.89. The van der Waals surface area contributed by atoms with E-state index in [9.17, 15) is 9.36 Å². The Balaban J connectivity index is 3.88. The van der Waals surface area contributed by atoms with Crippen LogP contribution in [0.3, 0.4) is 0 Å². The van der Waals surface area contributed by atoms with Crippen molar-refractivity contribution in [2.75, 3.05) is 13.7 Å². The summed E-state index contributed by atoms with van der Waals surface area (Å²) < 4.78 is 24.5. The van der Waals surface area contributed by atoms with Crippen molar-refractivity contribution in [2.45, 2.75) is 6.92 Å². The van der Waals surface area contributed by atoms with Gasteiger partial charge < -0.3 is 8.71 Å². The van der Waals surface area contributed by atoms with Gasteiger partial charge in [-0.1, -0.05) is 0 Å². The summed E-state index contributed by atoms with van der Waals surface area (Å²) in [4.78, 5) is 9.70. The minimum Gasteiger partial charge on any atom is -0.381 e. The molecule has 1 atom stereocenters. The third-order valence-corrected chi connectivity index (χ3v) is 3.62. The fraction of sp³-hybridized carbons (Fsp3) is 0.750. The summed E-state index contributed by atoms with van der Waals surface area (Å²) in [5.41, 5.74) is 0. The monoisotopic (exact) mass is 200 g/mol. The first-order chi connectivity index (χ1) is 5.18. The van der Waals surface area contributed by atoms with Crippen molar-refractivity contribution in [2.24, 2.45) is 0 Å². The van der Waals surface area contributed by atoms with Crippen LogP contribution in [0.25, 0.3) is 0 Å². The molecule has 0 aromatic carbocycles. The average Bonchev–Trinajstić information content (AvgIpc) is 2.02. The van der Waals surface area contributed by atoms with E-state index in [0.29, 0.717) is 11.7 Å². The minimum absolute atomic E-state index is 0.162. The van der Waals surface area contributed by atoms with Crippen LogP contribution in [0.5, 0.6) is 0 Å². The van der Waals surface area contributed by atoms with Crippen molar-refractivity contribution in [3.63, 3.8) is 0 Å². The zero-order valence-electron chi connectivity index (χ0n) is 6.18. The molecule has 0 N–H and O–H groups in total. The molecule has 0 amide bonds. The van der Waals surface area contributed by atoms with Gasteiger partial charge in [0.2, 0.25) is 0 Å². The van der Waals surface area contributed by atoms with E-state index in [2.05, 4.69) is 8.71 Å². The fourth-order valence-corrected chi connectivity index (χ4v) is 2.05. The Bertz CT molecular complexity index is 161. The highest BCUT2D eigenvalue weighted by Crippen LogP contribution is 2.59. The molecular formula is C4H9O5PS. The molecule has 7 heteroatoms. The highest BCUT2D eigenvalue weighted by molar-refractivity contribution is 8.52. The van der Waals surface area contributed by atoms with Gasteiger partial charge in [0.25, 0.3) is 0 Å². The lowest BCUT2D eigenvalue weighted by Crippen LogP contribution is -1.89. The Morgan fingerprint density at radius 1 is 1.64 bits per heavy atom. The molecular weight excluding hydrogens is 191 g/mol. The molecule has 0 heterocycles. The van der Waals surface area contributed by atoms with E-state index in [1.807, 2.05) is 0 Å². The van der Waals surface area contributed by atoms with E-state index < -0.39 is 6.80 Å². The van der Waals surface area contributed by atoms with Crippen LogP contribution < -0.4 is 0 Å². The largest absolute Gasteiger partial charge is 0.427 e. The Morgan fingerprint density at radius 3 is 2.64 bits per heavy atom. The van der Waals surface area contributed by atoms with Gasteiger partial charge in [0.05, 0.1) is 6.61 Å². The van der Waals surface area contributed by atoms with Gasteiger partial charge in [-0.3, -0.25) is 9.32 Å². The zero-order chi connectivity index (χ0) is 8.74. The van der Waals surface area contributed by atoms with Crippen molar-refractivity contribution >= 4 is 24.9 Å². The number of hydrogen-bond donors (Lipinski definition) is 0. The second-order valence-corrected chi connectivity index (χ2v) is 4.96. The Labute approximate surface area is 68.9 Å². The average molecular weight is 200 g/mol. The van der Waals surface area contributed by atoms with Crippen LogP contribution in [0, 0.1) is 0 Å². The van der Waals surface area contributed by atoms with Crippen LogP contribution in [0.15, 0.2) is 0 Å². The van der Waals surface area contributed by atoms with Crippen molar-refractivity contribution in [1.82, 2.24) is 0 Å². The third kappa shape index (κ3) is 4.42. The molecule has 1 unspecified atom stereocenters. The molecule has 0 fully saturated rings. The summed E-state index contributed by atoms with van der Waals surface area (Å²) in [5, 5.41) is 0. The molecule has 0 aliphatic carbocycles. The van der Waals surface area contributed by atoms with Crippen LogP contribution in [-0.2, 0) is 22.6 Å². The second-order valence-electron chi connectivity index (χ2n) is 1.31. The van der Waals surface area contributed by atoms with E-state index >= 15 is 0 Å². The normalized spacial score (nSPS) is 15.5. The molecule has 0 bridgehead atoms. The standard InChI is InChI=1S/C4H9O5PS/c1-3-8-10(6,7-2)11-9-4-5/h4H,3H2,1-2H3. The lowest BCUT2D eigenvalue weighted by atomic mass is 10.9. The van der Waals surface area contributed by atoms with Gasteiger partial charge in [-0.15, -0.1) is 0 Å². The molecule has 66 valence electrons. The smallest absolute Gasteiger partial charge is 0.381 e. The molecule has 0 saturated heterocycles.